The van der Waals surface area contributed by atoms with E-state index in [1.165, 1.54) is 16.7 Å². The zero-order chi connectivity index (χ0) is 22.9. The SMILES string of the molecule is CCOC(=O)COCCOCCN1CCN(C2=Nc3ccccc3Cc3ccccc32)CC1. The Balaban J connectivity index is 1.24. The molecule has 7 nitrogen and oxygen atoms in total. The van der Waals surface area contributed by atoms with E-state index in [1.807, 2.05) is 0 Å². The maximum absolute atomic E-state index is 11.2. The molecule has 0 aliphatic carbocycles. The number of ether oxygens (including phenoxy) is 3. The van der Waals surface area contributed by atoms with E-state index in [0.717, 1.165) is 50.7 Å². The second-order valence-electron chi connectivity index (χ2n) is 8.20. The van der Waals surface area contributed by atoms with Crippen LogP contribution in [0.25, 0.3) is 0 Å². The standard InChI is InChI=1S/C26H33N3O4/c1-2-33-25(30)20-32-18-17-31-16-15-28-11-13-29(14-12-28)26-23-9-5-3-7-21(23)19-22-8-4-6-10-24(22)27-26/h3-10H,2,11-20H2,1H3. The zero-order valence-corrected chi connectivity index (χ0v) is 19.4. The van der Waals surface area contributed by atoms with Gasteiger partial charge in [0.2, 0.25) is 0 Å². The van der Waals surface area contributed by atoms with E-state index in [0.29, 0.717) is 26.4 Å². The summed E-state index contributed by atoms with van der Waals surface area (Å²) in [4.78, 5) is 21.2. The first kappa shape index (κ1) is 23.4. The lowest BCUT2D eigenvalue weighted by molar-refractivity contribution is -0.148. The molecule has 1 saturated heterocycles. The van der Waals surface area contributed by atoms with E-state index in [9.17, 15) is 4.79 Å². The summed E-state index contributed by atoms with van der Waals surface area (Å²) in [6.07, 6.45) is 0.917. The maximum atomic E-state index is 11.2. The van der Waals surface area contributed by atoms with E-state index in [-0.39, 0.29) is 12.6 Å². The summed E-state index contributed by atoms with van der Waals surface area (Å²) in [5.41, 5.74) is 4.93. The third-order valence-electron chi connectivity index (χ3n) is 5.98. The number of nitrogens with zero attached hydrogens (tertiary/aromatic N) is 3. The van der Waals surface area contributed by atoms with Crippen LogP contribution in [0.1, 0.15) is 23.6 Å². The number of carbonyl (C=O) groups is 1. The number of para-hydroxylation sites is 1. The van der Waals surface area contributed by atoms with Crippen molar-refractivity contribution in [3.05, 3.63) is 65.2 Å². The summed E-state index contributed by atoms with van der Waals surface area (Å²) in [6.45, 7) is 8.39. The Bertz CT molecular complexity index is 954. The summed E-state index contributed by atoms with van der Waals surface area (Å²) in [5.74, 6) is 0.755. The largest absolute Gasteiger partial charge is 0.464 e. The smallest absolute Gasteiger partial charge is 0.332 e. The van der Waals surface area contributed by atoms with Crippen LogP contribution in [-0.4, -0.2) is 87.4 Å². The van der Waals surface area contributed by atoms with Crippen LogP contribution in [-0.2, 0) is 25.4 Å². The van der Waals surface area contributed by atoms with Crippen LogP contribution in [0, 0.1) is 0 Å². The Hall–Kier alpha value is -2.74. The minimum absolute atomic E-state index is 0.0172. The summed E-state index contributed by atoms with van der Waals surface area (Å²) >= 11 is 0. The second kappa shape index (κ2) is 11.9. The molecule has 0 bridgehead atoms. The molecular weight excluding hydrogens is 418 g/mol. The fraction of sp³-hybridized carbons (Fsp3) is 0.462. The van der Waals surface area contributed by atoms with Gasteiger partial charge in [-0.05, 0) is 24.1 Å². The number of benzene rings is 2. The molecule has 2 aliphatic heterocycles. The third kappa shape index (κ3) is 6.41. The highest BCUT2D eigenvalue weighted by Gasteiger charge is 2.24. The highest BCUT2D eigenvalue weighted by Crippen LogP contribution is 2.29. The normalized spacial score (nSPS) is 15.9. The van der Waals surface area contributed by atoms with Gasteiger partial charge >= 0.3 is 5.97 Å². The van der Waals surface area contributed by atoms with Crippen molar-refractivity contribution in [2.75, 3.05) is 65.8 Å². The Morgan fingerprint density at radius 2 is 1.64 bits per heavy atom. The molecule has 7 heteroatoms. The number of fused-ring (bicyclic) bond motifs is 2. The van der Waals surface area contributed by atoms with Gasteiger partial charge in [-0.25, -0.2) is 9.79 Å². The Morgan fingerprint density at radius 1 is 0.909 bits per heavy atom. The number of esters is 1. The first-order valence-corrected chi connectivity index (χ1v) is 11.8. The number of hydrogen-bond donors (Lipinski definition) is 0. The van der Waals surface area contributed by atoms with Crippen molar-refractivity contribution in [3.63, 3.8) is 0 Å². The van der Waals surface area contributed by atoms with Crippen molar-refractivity contribution in [3.8, 4) is 0 Å². The highest BCUT2D eigenvalue weighted by molar-refractivity contribution is 6.02. The van der Waals surface area contributed by atoms with Gasteiger partial charge in [0.1, 0.15) is 12.4 Å². The zero-order valence-electron chi connectivity index (χ0n) is 19.4. The quantitative estimate of drug-likeness (QED) is 0.432. The lowest BCUT2D eigenvalue weighted by Gasteiger charge is -2.36. The fourth-order valence-electron chi connectivity index (χ4n) is 4.24. The van der Waals surface area contributed by atoms with Crippen molar-refractivity contribution in [1.82, 2.24) is 9.80 Å². The molecule has 4 rings (SSSR count). The van der Waals surface area contributed by atoms with Gasteiger partial charge in [0, 0.05) is 44.7 Å². The van der Waals surface area contributed by atoms with Crippen molar-refractivity contribution in [2.45, 2.75) is 13.3 Å². The molecule has 2 aromatic rings. The molecule has 2 aliphatic rings. The van der Waals surface area contributed by atoms with Gasteiger partial charge in [0.15, 0.2) is 0 Å². The summed E-state index contributed by atoms with van der Waals surface area (Å²) < 4.78 is 15.7. The Morgan fingerprint density at radius 3 is 2.45 bits per heavy atom. The van der Waals surface area contributed by atoms with E-state index >= 15 is 0 Å². The average molecular weight is 452 g/mol. The van der Waals surface area contributed by atoms with E-state index in [4.69, 9.17) is 19.2 Å². The predicted octanol–water partition coefficient (Wildman–Crippen LogP) is 2.88. The Labute approximate surface area is 196 Å². The molecule has 0 amide bonds. The molecule has 2 heterocycles. The summed E-state index contributed by atoms with van der Waals surface area (Å²) in [6, 6.07) is 17.1. The van der Waals surface area contributed by atoms with Gasteiger partial charge in [0.25, 0.3) is 0 Å². The molecule has 0 aromatic heterocycles. The third-order valence-corrected chi connectivity index (χ3v) is 5.98. The van der Waals surface area contributed by atoms with Crippen LogP contribution in [0.4, 0.5) is 5.69 Å². The van der Waals surface area contributed by atoms with Gasteiger partial charge in [-0.2, -0.15) is 0 Å². The minimum atomic E-state index is -0.334. The Kier molecular flexibility index (Phi) is 8.47. The van der Waals surface area contributed by atoms with E-state index < -0.39 is 0 Å². The summed E-state index contributed by atoms with van der Waals surface area (Å²) in [7, 11) is 0. The van der Waals surface area contributed by atoms with E-state index in [1.54, 1.807) is 6.92 Å². The summed E-state index contributed by atoms with van der Waals surface area (Å²) in [5, 5.41) is 0. The number of piperazine rings is 1. The van der Waals surface area contributed by atoms with Crippen LogP contribution >= 0.6 is 0 Å². The number of aliphatic imine (C=N–C) groups is 1. The second-order valence-corrected chi connectivity index (χ2v) is 8.20. The molecule has 0 unspecified atom stereocenters. The van der Waals surface area contributed by atoms with Gasteiger partial charge in [0.05, 0.1) is 32.1 Å². The molecule has 0 spiro atoms. The molecule has 0 N–H and O–H groups in total. The lowest BCUT2D eigenvalue weighted by Crippen LogP contribution is -2.49. The molecule has 0 saturated carbocycles. The van der Waals surface area contributed by atoms with Crippen molar-refractivity contribution in [1.29, 1.82) is 0 Å². The first-order chi connectivity index (χ1) is 16.2. The van der Waals surface area contributed by atoms with E-state index in [2.05, 4.69) is 58.3 Å². The maximum Gasteiger partial charge on any atom is 0.332 e. The van der Waals surface area contributed by atoms with Crippen molar-refractivity contribution in [2.24, 2.45) is 4.99 Å². The van der Waals surface area contributed by atoms with Crippen LogP contribution < -0.4 is 0 Å². The van der Waals surface area contributed by atoms with Crippen molar-refractivity contribution < 1.29 is 19.0 Å². The average Bonchev–Trinajstić information content (AvgIpc) is 3.01. The van der Waals surface area contributed by atoms with Gasteiger partial charge in [-0.15, -0.1) is 0 Å². The lowest BCUT2D eigenvalue weighted by atomic mass is 9.99. The van der Waals surface area contributed by atoms with Crippen molar-refractivity contribution >= 4 is 17.5 Å². The van der Waals surface area contributed by atoms with Gasteiger partial charge in [-0.1, -0.05) is 42.5 Å². The fourth-order valence-corrected chi connectivity index (χ4v) is 4.24. The first-order valence-electron chi connectivity index (χ1n) is 11.8. The van der Waals surface area contributed by atoms with Crippen LogP contribution in [0.15, 0.2) is 53.5 Å². The van der Waals surface area contributed by atoms with Gasteiger partial charge < -0.3 is 19.1 Å². The predicted molar refractivity (Wildman–Crippen MR) is 128 cm³/mol. The van der Waals surface area contributed by atoms with Gasteiger partial charge in [-0.3, -0.25) is 4.90 Å². The topological polar surface area (TPSA) is 63.6 Å². The van der Waals surface area contributed by atoms with Crippen LogP contribution in [0.3, 0.4) is 0 Å². The molecule has 0 radical (unpaired) electrons. The molecule has 1 fully saturated rings. The molecule has 0 atom stereocenters. The number of amidine groups is 1. The molecule has 33 heavy (non-hydrogen) atoms. The monoisotopic (exact) mass is 451 g/mol. The number of hydrogen-bond acceptors (Lipinski definition) is 7. The van der Waals surface area contributed by atoms with Crippen LogP contribution in [0.2, 0.25) is 0 Å². The number of carbonyl (C=O) groups excluding carboxylic acids is 1. The highest BCUT2D eigenvalue weighted by atomic mass is 16.6. The van der Waals surface area contributed by atoms with Crippen LogP contribution in [0.5, 0.6) is 0 Å². The molecular formula is C26H33N3O4. The molecule has 2 aromatic carbocycles. The number of rotatable bonds is 9. The molecule has 176 valence electrons. The minimum Gasteiger partial charge on any atom is -0.464 e.